The molecule has 0 aliphatic carbocycles. The van der Waals surface area contributed by atoms with Crippen LogP contribution >= 0.6 is 0 Å². The summed E-state index contributed by atoms with van der Waals surface area (Å²) in [5.74, 6) is 0. The van der Waals surface area contributed by atoms with Crippen molar-refractivity contribution in [3.05, 3.63) is 48.0 Å². The van der Waals surface area contributed by atoms with Gasteiger partial charge in [-0.25, -0.2) is 0 Å². The maximum atomic E-state index is 5.71. The molecule has 0 spiro atoms. The Bertz CT molecular complexity index is 527. The van der Waals surface area contributed by atoms with Crippen LogP contribution in [0.2, 0.25) is 0 Å². The maximum absolute atomic E-state index is 5.71. The highest BCUT2D eigenvalue weighted by Gasteiger charge is 2.09. The summed E-state index contributed by atoms with van der Waals surface area (Å²) in [7, 11) is 3.68. The summed E-state index contributed by atoms with van der Waals surface area (Å²) in [6, 6.07) is 15.2. The highest BCUT2D eigenvalue weighted by atomic mass is 16.5. The standard InChI is InChI=1S/C17H23NO2/c1-18-17(13-20-11-5-10-19-2)16-9-8-14-6-3-4-7-15(14)12-16/h3-4,6-9,12,17-18H,5,10-11,13H2,1-2H3. The first-order valence-corrected chi connectivity index (χ1v) is 7.08. The second-order valence-corrected chi connectivity index (χ2v) is 4.87. The number of likely N-dealkylation sites (N-methyl/N-ethyl adjacent to an activating group) is 1. The SMILES string of the molecule is CNC(COCCCOC)c1ccc2ccccc2c1. The largest absolute Gasteiger partial charge is 0.385 e. The van der Waals surface area contributed by atoms with Crippen LogP contribution in [0.3, 0.4) is 0 Å². The maximum Gasteiger partial charge on any atom is 0.0661 e. The van der Waals surface area contributed by atoms with Crippen LogP contribution in [-0.4, -0.2) is 34.0 Å². The van der Waals surface area contributed by atoms with Gasteiger partial charge in [-0.15, -0.1) is 0 Å². The lowest BCUT2D eigenvalue weighted by molar-refractivity contribution is 0.0889. The molecule has 0 fully saturated rings. The summed E-state index contributed by atoms with van der Waals surface area (Å²) in [5.41, 5.74) is 1.26. The number of ether oxygens (including phenoxy) is 2. The number of benzene rings is 2. The van der Waals surface area contributed by atoms with Crippen molar-refractivity contribution < 1.29 is 9.47 Å². The molecular formula is C17H23NO2. The Morgan fingerprint density at radius 3 is 2.60 bits per heavy atom. The Labute approximate surface area is 120 Å². The summed E-state index contributed by atoms with van der Waals surface area (Å²) in [6.07, 6.45) is 0.935. The lowest BCUT2D eigenvalue weighted by atomic mass is 10.0. The fourth-order valence-corrected chi connectivity index (χ4v) is 2.28. The average molecular weight is 273 g/mol. The van der Waals surface area contributed by atoms with Crippen LogP contribution in [0.15, 0.2) is 42.5 Å². The minimum Gasteiger partial charge on any atom is -0.385 e. The van der Waals surface area contributed by atoms with E-state index in [1.165, 1.54) is 16.3 Å². The molecule has 0 aliphatic heterocycles. The van der Waals surface area contributed by atoms with Crippen molar-refractivity contribution >= 4 is 10.8 Å². The summed E-state index contributed by atoms with van der Waals surface area (Å²) >= 11 is 0. The molecule has 0 aliphatic rings. The third kappa shape index (κ3) is 4.04. The summed E-state index contributed by atoms with van der Waals surface area (Å²) < 4.78 is 10.7. The van der Waals surface area contributed by atoms with Crippen molar-refractivity contribution in [2.75, 3.05) is 34.0 Å². The second-order valence-electron chi connectivity index (χ2n) is 4.87. The number of rotatable bonds is 8. The highest BCUT2D eigenvalue weighted by molar-refractivity contribution is 5.83. The van der Waals surface area contributed by atoms with E-state index in [1.54, 1.807) is 7.11 Å². The van der Waals surface area contributed by atoms with Crippen LogP contribution in [0.4, 0.5) is 0 Å². The van der Waals surface area contributed by atoms with E-state index in [0.29, 0.717) is 6.61 Å². The van der Waals surface area contributed by atoms with Crippen LogP contribution < -0.4 is 5.32 Å². The Hall–Kier alpha value is -1.42. The smallest absolute Gasteiger partial charge is 0.0661 e. The molecule has 3 nitrogen and oxygen atoms in total. The predicted octanol–water partition coefficient (Wildman–Crippen LogP) is 3.15. The quantitative estimate of drug-likeness (QED) is 0.749. The number of hydrogen-bond acceptors (Lipinski definition) is 3. The number of methoxy groups -OCH3 is 1. The molecule has 0 saturated heterocycles. The van der Waals surface area contributed by atoms with E-state index in [-0.39, 0.29) is 6.04 Å². The molecule has 2 aromatic carbocycles. The third-order valence-electron chi connectivity index (χ3n) is 3.45. The van der Waals surface area contributed by atoms with Gasteiger partial charge in [0.1, 0.15) is 0 Å². The van der Waals surface area contributed by atoms with Gasteiger partial charge in [-0.3, -0.25) is 0 Å². The third-order valence-corrected chi connectivity index (χ3v) is 3.45. The van der Waals surface area contributed by atoms with E-state index in [0.717, 1.165) is 19.6 Å². The van der Waals surface area contributed by atoms with E-state index in [2.05, 4.69) is 47.8 Å². The summed E-state index contributed by atoms with van der Waals surface area (Å²) in [6.45, 7) is 2.17. The highest BCUT2D eigenvalue weighted by Crippen LogP contribution is 2.20. The van der Waals surface area contributed by atoms with Gasteiger partial charge >= 0.3 is 0 Å². The zero-order valence-corrected chi connectivity index (χ0v) is 12.3. The molecule has 0 saturated carbocycles. The zero-order chi connectivity index (χ0) is 14.2. The molecule has 108 valence electrons. The van der Waals surface area contributed by atoms with Crippen molar-refractivity contribution in [2.24, 2.45) is 0 Å². The van der Waals surface area contributed by atoms with Crippen LogP contribution in [0.25, 0.3) is 10.8 Å². The minimum atomic E-state index is 0.224. The first-order valence-electron chi connectivity index (χ1n) is 7.08. The molecular weight excluding hydrogens is 250 g/mol. The van der Waals surface area contributed by atoms with E-state index < -0.39 is 0 Å². The Morgan fingerprint density at radius 2 is 1.85 bits per heavy atom. The van der Waals surface area contributed by atoms with Gasteiger partial charge in [0.15, 0.2) is 0 Å². The van der Waals surface area contributed by atoms with Crippen molar-refractivity contribution in [3.63, 3.8) is 0 Å². The van der Waals surface area contributed by atoms with Gasteiger partial charge in [-0.2, -0.15) is 0 Å². The van der Waals surface area contributed by atoms with Crippen LogP contribution in [-0.2, 0) is 9.47 Å². The second kappa shape index (κ2) is 8.00. The normalized spacial score (nSPS) is 12.7. The lowest BCUT2D eigenvalue weighted by Crippen LogP contribution is -2.22. The zero-order valence-electron chi connectivity index (χ0n) is 12.3. The van der Waals surface area contributed by atoms with Crippen molar-refractivity contribution in [1.82, 2.24) is 5.32 Å². The topological polar surface area (TPSA) is 30.5 Å². The predicted molar refractivity (Wildman–Crippen MR) is 83.1 cm³/mol. The van der Waals surface area contributed by atoms with Crippen LogP contribution in [0.5, 0.6) is 0 Å². The van der Waals surface area contributed by atoms with Gasteiger partial charge in [-0.1, -0.05) is 36.4 Å². The van der Waals surface area contributed by atoms with Crippen molar-refractivity contribution in [3.8, 4) is 0 Å². The Morgan fingerprint density at radius 1 is 1.05 bits per heavy atom. The molecule has 0 bridgehead atoms. The molecule has 3 heteroatoms. The number of hydrogen-bond donors (Lipinski definition) is 1. The summed E-state index contributed by atoms with van der Waals surface area (Å²) in [5, 5.41) is 5.86. The van der Waals surface area contributed by atoms with E-state index in [1.807, 2.05) is 7.05 Å². The molecule has 0 heterocycles. The van der Waals surface area contributed by atoms with E-state index >= 15 is 0 Å². The molecule has 1 atom stereocenters. The molecule has 0 aromatic heterocycles. The van der Waals surface area contributed by atoms with Gasteiger partial charge in [0.05, 0.1) is 12.6 Å². The van der Waals surface area contributed by atoms with Gasteiger partial charge in [0.2, 0.25) is 0 Å². The Kier molecular flexibility index (Phi) is 5.99. The number of nitrogens with one attached hydrogen (secondary N) is 1. The first kappa shape index (κ1) is 15.0. The molecule has 2 aromatic rings. The van der Waals surface area contributed by atoms with Crippen molar-refractivity contribution in [1.29, 1.82) is 0 Å². The number of fused-ring (bicyclic) bond motifs is 1. The van der Waals surface area contributed by atoms with Crippen molar-refractivity contribution in [2.45, 2.75) is 12.5 Å². The lowest BCUT2D eigenvalue weighted by Gasteiger charge is -2.17. The first-order chi connectivity index (χ1) is 9.85. The molecule has 0 amide bonds. The minimum absolute atomic E-state index is 0.224. The fraction of sp³-hybridized carbons (Fsp3) is 0.412. The monoisotopic (exact) mass is 273 g/mol. The van der Waals surface area contributed by atoms with Crippen LogP contribution in [0, 0.1) is 0 Å². The van der Waals surface area contributed by atoms with Gasteiger partial charge in [-0.05, 0) is 35.9 Å². The molecule has 20 heavy (non-hydrogen) atoms. The summed E-state index contributed by atoms with van der Waals surface area (Å²) in [4.78, 5) is 0. The molecule has 2 rings (SSSR count). The molecule has 1 unspecified atom stereocenters. The van der Waals surface area contributed by atoms with E-state index in [4.69, 9.17) is 9.47 Å². The molecule has 1 N–H and O–H groups in total. The van der Waals surface area contributed by atoms with E-state index in [9.17, 15) is 0 Å². The van der Waals surface area contributed by atoms with Gasteiger partial charge < -0.3 is 14.8 Å². The van der Waals surface area contributed by atoms with Crippen LogP contribution in [0.1, 0.15) is 18.0 Å². The van der Waals surface area contributed by atoms with Gasteiger partial charge in [0, 0.05) is 20.3 Å². The molecule has 0 radical (unpaired) electrons. The van der Waals surface area contributed by atoms with Gasteiger partial charge in [0.25, 0.3) is 0 Å². The average Bonchev–Trinajstić information content (AvgIpc) is 2.50. The fourth-order valence-electron chi connectivity index (χ4n) is 2.28. The Balaban J connectivity index is 1.98.